The average Bonchev–Trinajstić information content (AvgIpc) is 2.81. The number of nitro benzene ring substituents is 1. The molecule has 0 aliphatic rings. The lowest BCUT2D eigenvalue weighted by molar-refractivity contribution is -0.384. The molecule has 0 aliphatic heterocycles. The number of rotatable bonds is 6. The van der Waals surface area contributed by atoms with Gasteiger partial charge in [-0.05, 0) is 41.9 Å². The van der Waals surface area contributed by atoms with Crippen LogP contribution >= 0.6 is 15.9 Å². The maximum atomic E-state index is 12.1. The van der Waals surface area contributed by atoms with Gasteiger partial charge in [0.15, 0.2) is 0 Å². The van der Waals surface area contributed by atoms with Gasteiger partial charge in [-0.2, -0.15) is 5.10 Å². The number of ether oxygens (including phenoxy) is 1. The summed E-state index contributed by atoms with van der Waals surface area (Å²) in [5.41, 5.74) is 0.691. The predicted molar refractivity (Wildman–Crippen MR) is 87.6 cm³/mol. The van der Waals surface area contributed by atoms with Gasteiger partial charge in [-0.25, -0.2) is 0 Å². The molecule has 122 valence electrons. The number of hydrogen-bond acceptors (Lipinski definition) is 5. The zero-order valence-corrected chi connectivity index (χ0v) is 14.2. The van der Waals surface area contributed by atoms with E-state index < -0.39 is 10.8 Å². The Morgan fingerprint density at radius 1 is 1.52 bits per heavy atom. The van der Waals surface area contributed by atoms with Gasteiger partial charge in [0, 0.05) is 0 Å². The van der Waals surface area contributed by atoms with E-state index in [2.05, 4.69) is 26.3 Å². The lowest BCUT2D eigenvalue weighted by Crippen LogP contribution is -2.20. The zero-order chi connectivity index (χ0) is 17.0. The molecule has 0 spiro atoms. The van der Waals surface area contributed by atoms with Gasteiger partial charge in [-0.15, -0.1) is 0 Å². The van der Waals surface area contributed by atoms with Gasteiger partial charge in [0.25, 0.3) is 5.69 Å². The molecule has 0 bridgehead atoms. The number of carbonyl (C=O) groups excluding carboxylic acids is 1. The molecule has 1 aromatic carbocycles. The Morgan fingerprint density at radius 2 is 2.26 bits per heavy atom. The molecule has 1 heterocycles. The fraction of sp³-hybridized carbons (Fsp3) is 0.286. The molecule has 0 fully saturated rings. The first-order chi connectivity index (χ1) is 10.9. The highest BCUT2D eigenvalue weighted by atomic mass is 79.9. The van der Waals surface area contributed by atoms with Crippen LogP contribution in [0.1, 0.15) is 12.6 Å². The van der Waals surface area contributed by atoms with Crippen molar-refractivity contribution < 1.29 is 14.5 Å². The molecule has 0 radical (unpaired) electrons. The number of aromatic nitrogens is 2. The highest BCUT2D eigenvalue weighted by Crippen LogP contribution is 2.29. The summed E-state index contributed by atoms with van der Waals surface area (Å²) in [7, 11) is 0. The Balaban J connectivity index is 2.17. The quantitative estimate of drug-likeness (QED) is 0.611. The predicted octanol–water partition coefficient (Wildman–Crippen LogP) is 2.90. The van der Waals surface area contributed by atoms with Crippen molar-refractivity contribution in [3.05, 3.63) is 44.7 Å². The van der Waals surface area contributed by atoms with Crippen molar-refractivity contribution in [1.82, 2.24) is 9.78 Å². The Morgan fingerprint density at radius 3 is 2.83 bits per heavy atom. The van der Waals surface area contributed by atoms with Crippen LogP contribution in [0.25, 0.3) is 0 Å². The number of anilines is 1. The third-order valence-electron chi connectivity index (χ3n) is 3.09. The summed E-state index contributed by atoms with van der Waals surface area (Å²) >= 11 is 3.31. The maximum absolute atomic E-state index is 12.1. The average molecular weight is 383 g/mol. The minimum absolute atomic E-state index is 0.0399. The molecule has 0 saturated heterocycles. The van der Waals surface area contributed by atoms with Crippen LogP contribution in [0.4, 0.5) is 11.4 Å². The van der Waals surface area contributed by atoms with Crippen LogP contribution in [0.15, 0.2) is 28.9 Å². The molecule has 1 amide bonds. The van der Waals surface area contributed by atoms with Gasteiger partial charge in [-0.3, -0.25) is 19.6 Å². The number of carbonyl (C=O) groups is 1. The number of hydrogen-bond donors (Lipinski definition) is 1. The molecule has 0 atom stereocenters. The van der Waals surface area contributed by atoms with Gasteiger partial charge in [-0.1, -0.05) is 0 Å². The lowest BCUT2D eigenvalue weighted by Gasteiger charge is -2.09. The number of benzene rings is 1. The number of nitrogens with one attached hydrogen (secondary N) is 1. The van der Waals surface area contributed by atoms with E-state index in [1.807, 2.05) is 6.92 Å². The number of nitro groups is 1. The second-order valence-corrected chi connectivity index (χ2v) is 5.51. The van der Waals surface area contributed by atoms with E-state index in [-0.39, 0.29) is 17.9 Å². The van der Waals surface area contributed by atoms with Gasteiger partial charge in [0.1, 0.15) is 18.0 Å². The van der Waals surface area contributed by atoms with Gasteiger partial charge < -0.3 is 10.1 Å². The highest BCUT2D eigenvalue weighted by Gasteiger charge is 2.18. The third kappa shape index (κ3) is 4.07. The van der Waals surface area contributed by atoms with E-state index in [9.17, 15) is 14.9 Å². The minimum Gasteiger partial charge on any atom is -0.494 e. The Hall–Kier alpha value is -2.42. The van der Waals surface area contributed by atoms with Gasteiger partial charge in [0.05, 0.1) is 34.0 Å². The Bertz CT molecular complexity index is 744. The van der Waals surface area contributed by atoms with E-state index in [1.165, 1.54) is 16.8 Å². The second kappa shape index (κ2) is 7.23. The standard InChI is InChI=1S/C14H15BrN4O4/c1-3-23-10-4-5-12(13(6-10)19(21)22)17-14(20)8-18-9(2)11(15)7-16-18/h4-7H,3,8H2,1-2H3,(H,17,20). The van der Waals surface area contributed by atoms with Crippen LogP contribution < -0.4 is 10.1 Å². The largest absolute Gasteiger partial charge is 0.494 e. The summed E-state index contributed by atoms with van der Waals surface area (Å²) in [4.78, 5) is 22.7. The zero-order valence-electron chi connectivity index (χ0n) is 12.6. The molecular weight excluding hydrogens is 368 g/mol. The summed E-state index contributed by atoms with van der Waals surface area (Å²) in [5.74, 6) is -0.0278. The van der Waals surface area contributed by atoms with Crippen LogP contribution in [0, 0.1) is 17.0 Å². The summed E-state index contributed by atoms with van der Waals surface area (Å²) < 4.78 is 7.52. The molecule has 0 aliphatic carbocycles. The van der Waals surface area contributed by atoms with Crippen molar-refractivity contribution >= 4 is 33.2 Å². The number of halogens is 1. The molecule has 0 unspecified atom stereocenters. The van der Waals surface area contributed by atoms with E-state index in [0.29, 0.717) is 12.4 Å². The fourth-order valence-corrected chi connectivity index (χ4v) is 2.23. The van der Waals surface area contributed by atoms with E-state index in [0.717, 1.165) is 10.2 Å². The first kappa shape index (κ1) is 16.9. The summed E-state index contributed by atoms with van der Waals surface area (Å²) in [6.45, 7) is 3.95. The van der Waals surface area contributed by atoms with E-state index in [4.69, 9.17) is 4.74 Å². The molecule has 1 N–H and O–H groups in total. The summed E-state index contributed by atoms with van der Waals surface area (Å²) in [6.07, 6.45) is 1.59. The van der Waals surface area contributed by atoms with Gasteiger partial charge >= 0.3 is 0 Å². The van der Waals surface area contributed by atoms with E-state index in [1.54, 1.807) is 19.2 Å². The highest BCUT2D eigenvalue weighted by molar-refractivity contribution is 9.10. The van der Waals surface area contributed by atoms with Crippen LogP contribution in [-0.2, 0) is 11.3 Å². The summed E-state index contributed by atoms with van der Waals surface area (Å²) in [5, 5.41) is 17.7. The van der Waals surface area contributed by atoms with Crippen LogP contribution in [0.3, 0.4) is 0 Å². The Kier molecular flexibility index (Phi) is 5.32. The fourth-order valence-electron chi connectivity index (χ4n) is 1.93. The molecule has 0 saturated carbocycles. The minimum atomic E-state index is -0.562. The van der Waals surface area contributed by atoms with Crippen LogP contribution in [0.2, 0.25) is 0 Å². The van der Waals surface area contributed by atoms with E-state index >= 15 is 0 Å². The molecule has 23 heavy (non-hydrogen) atoms. The smallest absolute Gasteiger partial charge is 0.296 e. The Labute approximate surface area is 140 Å². The lowest BCUT2D eigenvalue weighted by atomic mass is 10.2. The first-order valence-corrected chi connectivity index (χ1v) is 7.60. The van der Waals surface area contributed by atoms with Crippen molar-refractivity contribution in [2.24, 2.45) is 0 Å². The normalized spacial score (nSPS) is 10.4. The number of amides is 1. The third-order valence-corrected chi connectivity index (χ3v) is 3.87. The van der Waals surface area contributed by atoms with Crippen molar-refractivity contribution in [2.75, 3.05) is 11.9 Å². The molecule has 9 heteroatoms. The molecule has 8 nitrogen and oxygen atoms in total. The van der Waals surface area contributed by atoms with Crippen LogP contribution in [0.5, 0.6) is 5.75 Å². The first-order valence-electron chi connectivity index (χ1n) is 6.81. The van der Waals surface area contributed by atoms with Gasteiger partial charge in [0.2, 0.25) is 5.91 Å². The molecule has 2 aromatic rings. The maximum Gasteiger partial charge on any atom is 0.296 e. The topological polar surface area (TPSA) is 99.3 Å². The SMILES string of the molecule is CCOc1ccc(NC(=O)Cn2ncc(Br)c2C)c([N+](=O)[O-])c1. The van der Waals surface area contributed by atoms with Crippen molar-refractivity contribution in [1.29, 1.82) is 0 Å². The monoisotopic (exact) mass is 382 g/mol. The number of nitrogens with zero attached hydrogens (tertiary/aromatic N) is 3. The van der Waals surface area contributed by atoms with Crippen molar-refractivity contribution in [3.63, 3.8) is 0 Å². The van der Waals surface area contributed by atoms with Crippen molar-refractivity contribution in [3.8, 4) is 5.75 Å². The second-order valence-electron chi connectivity index (χ2n) is 4.65. The van der Waals surface area contributed by atoms with Crippen LogP contribution in [-0.4, -0.2) is 27.2 Å². The summed E-state index contributed by atoms with van der Waals surface area (Å²) in [6, 6.07) is 4.31. The molecule has 1 aromatic heterocycles. The van der Waals surface area contributed by atoms with Crippen molar-refractivity contribution in [2.45, 2.75) is 20.4 Å². The molecular formula is C14H15BrN4O4. The molecule has 2 rings (SSSR count).